The third kappa shape index (κ3) is 5.81. The normalized spacial score (nSPS) is 18.7. The third-order valence-corrected chi connectivity index (χ3v) is 4.63. The van der Waals surface area contributed by atoms with Gasteiger partial charge in [0.25, 0.3) is 0 Å². The lowest BCUT2D eigenvalue weighted by Crippen LogP contribution is -2.44. The van der Waals surface area contributed by atoms with E-state index in [1.54, 1.807) is 11.8 Å². The topological polar surface area (TPSA) is 76.7 Å². The third-order valence-electron chi connectivity index (χ3n) is 3.88. The number of nitrogens with one attached hydrogen (secondary N) is 2. The van der Waals surface area contributed by atoms with Crippen LogP contribution in [-0.2, 0) is 19.1 Å². The summed E-state index contributed by atoms with van der Waals surface area (Å²) in [6.07, 6.45) is 2.43. The number of rotatable bonds is 7. The number of methoxy groups -OCH3 is 1. The summed E-state index contributed by atoms with van der Waals surface area (Å²) >= 11 is 1.64. The molecule has 2 atom stereocenters. The first-order valence-electron chi connectivity index (χ1n) is 7.93. The van der Waals surface area contributed by atoms with Crippen molar-refractivity contribution in [3.05, 3.63) is 29.8 Å². The van der Waals surface area contributed by atoms with E-state index in [1.807, 2.05) is 30.5 Å². The number of hydrogen-bond acceptors (Lipinski definition) is 6. The molecule has 0 aliphatic carbocycles. The van der Waals surface area contributed by atoms with Crippen molar-refractivity contribution in [2.24, 2.45) is 0 Å². The number of esters is 1. The molecule has 132 valence electrons. The van der Waals surface area contributed by atoms with E-state index in [9.17, 15) is 9.59 Å². The highest BCUT2D eigenvalue weighted by Gasteiger charge is 2.22. The number of amides is 1. The second-order valence-electron chi connectivity index (χ2n) is 5.60. The standard InChI is InChI=1S/C17H24N2O4S/c1-22-17(21)10-15(12-3-5-14(24-2)6-4-12)19-16(20)9-13-11-23-8-7-18-13/h3-6,13,15,18H,7-11H2,1-2H3,(H,19,20). The van der Waals surface area contributed by atoms with Gasteiger partial charge >= 0.3 is 5.97 Å². The molecule has 0 spiro atoms. The average Bonchev–Trinajstić information content (AvgIpc) is 2.62. The van der Waals surface area contributed by atoms with Crippen LogP contribution in [0.5, 0.6) is 0 Å². The van der Waals surface area contributed by atoms with Crippen molar-refractivity contribution in [2.75, 3.05) is 33.1 Å². The number of hydrogen-bond donors (Lipinski definition) is 2. The molecular weight excluding hydrogens is 328 g/mol. The molecule has 1 aliphatic rings. The number of thioether (sulfide) groups is 1. The van der Waals surface area contributed by atoms with E-state index in [-0.39, 0.29) is 24.3 Å². The highest BCUT2D eigenvalue weighted by molar-refractivity contribution is 7.98. The zero-order valence-electron chi connectivity index (χ0n) is 14.0. The van der Waals surface area contributed by atoms with Crippen molar-refractivity contribution in [1.29, 1.82) is 0 Å². The Bertz CT molecular complexity index is 544. The highest BCUT2D eigenvalue weighted by Crippen LogP contribution is 2.22. The monoisotopic (exact) mass is 352 g/mol. The van der Waals surface area contributed by atoms with E-state index in [4.69, 9.17) is 9.47 Å². The van der Waals surface area contributed by atoms with E-state index in [0.717, 1.165) is 17.0 Å². The van der Waals surface area contributed by atoms with Crippen LogP contribution in [0.1, 0.15) is 24.4 Å². The quantitative estimate of drug-likeness (QED) is 0.572. The first-order chi connectivity index (χ1) is 11.6. The van der Waals surface area contributed by atoms with Gasteiger partial charge in [0.15, 0.2) is 0 Å². The Morgan fingerprint density at radius 2 is 2.17 bits per heavy atom. The Balaban J connectivity index is 2.01. The summed E-state index contributed by atoms with van der Waals surface area (Å²) in [5, 5.41) is 6.19. The van der Waals surface area contributed by atoms with Crippen LogP contribution in [-0.4, -0.2) is 51.0 Å². The summed E-state index contributed by atoms with van der Waals surface area (Å²) in [6.45, 7) is 1.95. The second kappa shape index (κ2) is 9.66. The lowest BCUT2D eigenvalue weighted by Gasteiger charge is -2.25. The van der Waals surface area contributed by atoms with Gasteiger partial charge in [-0.3, -0.25) is 9.59 Å². The summed E-state index contributed by atoms with van der Waals surface area (Å²) in [6, 6.07) is 7.44. The van der Waals surface area contributed by atoms with E-state index in [0.29, 0.717) is 19.6 Å². The highest BCUT2D eigenvalue weighted by atomic mass is 32.2. The molecule has 0 saturated carbocycles. The van der Waals surface area contributed by atoms with Gasteiger partial charge in [-0.1, -0.05) is 12.1 Å². The minimum Gasteiger partial charge on any atom is -0.469 e. The Labute approximate surface area is 146 Å². The molecule has 1 amide bonds. The van der Waals surface area contributed by atoms with Gasteiger partial charge < -0.3 is 20.1 Å². The maximum atomic E-state index is 12.3. The van der Waals surface area contributed by atoms with Crippen LogP contribution in [0.4, 0.5) is 0 Å². The first kappa shape index (κ1) is 18.8. The molecule has 6 nitrogen and oxygen atoms in total. The molecule has 0 aromatic heterocycles. The van der Waals surface area contributed by atoms with Crippen LogP contribution in [0, 0.1) is 0 Å². The van der Waals surface area contributed by atoms with Crippen LogP contribution in [0.15, 0.2) is 29.2 Å². The fourth-order valence-corrected chi connectivity index (χ4v) is 2.97. The molecule has 1 fully saturated rings. The summed E-state index contributed by atoms with van der Waals surface area (Å²) in [4.78, 5) is 25.1. The van der Waals surface area contributed by atoms with Gasteiger partial charge in [0, 0.05) is 23.9 Å². The molecule has 1 aromatic rings. The van der Waals surface area contributed by atoms with Gasteiger partial charge in [-0.25, -0.2) is 0 Å². The van der Waals surface area contributed by atoms with Crippen LogP contribution >= 0.6 is 11.8 Å². The maximum absolute atomic E-state index is 12.3. The van der Waals surface area contributed by atoms with Crippen molar-refractivity contribution in [3.8, 4) is 0 Å². The van der Waals surface area contributed by atoms with Gasteiger partial charge in [-0.05, 0) is 24.0 Å². The Hall–Kier alpha value is -1.57. The van der Waals surface area contributed by atoms with Gasteiger partial charge in [-0.15, -0.1) is 11.8 Å². The van der Waals surface area contributed by atoms with Crippen molar-refractivity contribution in [1.82, 2.24) is 10.6 Å². The molecule has 2 unspecified atom stereocenters. The number of ether oxygens (including phenoxy) is 2. The van der Waals surface area contributed by atoms with E-state index >= 15 is 0 Å². The van der Waals surface area contributed by atoms with Crippen molar-refractivity contribution in [3.63, 3.8) is 0 Å². The fourth-order valence-electron chi connectivity index (χ4n) is 2.57. The average molecular weight is 352 g/mol. The summed E-state index contributed by atoms with van der Waals surface area (Å²) in [7, 11) is 1.35. The summed E-state index contributed by atoms with van der Waals surface area (Å²) in [5.41, 5.74) is 0.888. The Kier molecular flexibility index (Phi) is 7.55. The van der Waals surface area contributed by atoms with Gasteiger partial charge in [-0.2, -0.15) is 0 Å². The van der Waals surface area contributed by atoms with Gasteiger partial charge in [0.1, 0.15) is 0 Å². The number of benzene rings is 1. The number of carbonyl (C=O) groups is 2. The first-order valence-corrected chi connectivity index (χ1v) is 9.16. The summed E-state index contributed by atoms with van der Waals surface area (Å²) in [5.74, 6) is -0.464. The zero-order chi connectivity index (χ0) is 17.4. The Morgan fingerprint density at radius 1 is 1.42 bits per heavy atom. The molecule has 0 bridgehead atoms. The van der Waals surface area contributed by atoms with Crippen LogP contribution in [0.2, 0.25) is 0 Å². The molecule has 1 heterocycles. The number of morpholine rings is 1. The number of carbonyl (C=O) groups excluding carboxylic acids is 2. The molecule has 2 rings (SSSR count). The fraction of sp³-hybridized carbons (Fsp3) is 0.529. The molecule has 1 aliphatic heterocycles. The van der Waals surface area contributed by atoms with Crippen molar-refractivity contribution >= 4 is 23.6 Å². The van der Waals surface area contributed by atoms with Gasteiger partial charge in [0.2, 0.25) is 5.91 Å². The SMILES string of the molecule is COC(=O)CC(NC(=O)CC1COCCN1)c1ccc(SC)cc1. The van der Waals surface area contributed by atoms with Crippen LogP contribution < -0.4 is 10.6 Å². The van der Waals surface area contributed by atoms with Crippen molar-refractivity contribution in [2.45, 2.75) is 29.8 Å². The predicted octanol–water partition coefficient (Wildman–Crippen LogP) is 1.51. The maximum Gasteiger partial charge on any atom is 0.307 e. The molecule has 24 heavy (non-hydrogen) atoms. The molecule has 1 aromatic carbocycles. The molecule has 0 radical (unpaired) electrons. The smallest absolute Gasteiger partial charge is 0.307 e. The molecule has 1 saturated heterocycles. The minimum atomic E-state index is -0.398. The molecule has 2 N–H and O–H groups in total. The lowest BCUT2D eigenvalue weighted by molar-refractivity contribution is -0.141. The zero-order valence-corrected chi connectivity index (χ0v) is 14.9. The van der Waals surface area contributed by atoms with E-state index in [1.165, 1.54) is 7.11 Å². The second-order valence-corrected chi connectivity index (χ2v) is 6.48. The van der Waals surface area contributed by atoms with Crippen molar-refractivity contribution < 1.29 is 19.1 Å². The van der Waals surface area contributed by atoms with E-state index in [2.05, 4.69) is 10.6 Å². The molecular formula is C17H24N2O4S. The predicted molar refractivity (Wildman–Crippen MR) is 93.0 cm³/mol. The van der Waals surface area contributed by atoms with E-state index < -0.39 is 6.04 Å². The van der Waals surface area contributed by atoms with Crippen LogP contribution in [0.3, 0.4) is 0 Å². The lowest BCUT2D eigenvalue weighted by atomic mass is 10.0. The molecule has 7 heteroatoms. The largest absolute Gasteiger partial charge is 0.469 e. The van der Waals surface area contributed by atoms with Crippen LogP contribution in [0.25, 0.3) is 0 Å². The summed E-state index contributed by atoms with van der Waals surface area (Å²) < 4.78 is 10.1. The van der Waals surface area contributed by atoms with Gasteiger partial charge in [0.05, 0.1) is 32.8 Å². The Morgan fingerprint density at radius 3 is 2.75 bits per heavy atom. The minimum absolute atomic E-state index is 0.0106.